The number of fused-ring (bicyclic) bond motifs is 3. The van der Waals surface area contributed by atoms with Crippen LogP contribution in [0.3, 0.4) is 0 Å². The molecule has 0 amide bonds. The molecule has 22 heavy (non-hydrogen) atoms. The van der Waals surface area contributed by atoms with E-state index in [0.717, 1.165) is 18.5 Å². The van der Waals surface area contributed by atoms with Gasteiger partial charge in [-0.3, -0.25) is 14.4 Å². The average Bonchev–Trinajstić information content (AvgIpc) is 3.03. The van der Waals surface area contributed by atoms with E-state index in [2.05, 4.69) is 4.99 Å². The van der Waals surface area contributed by atoms with Crippen molar-refractivity contribution in [2.45, 2.75) is 38.1 Å². The molecular weight excluding hydrogens is 276 g/mol. The molecule has 0 radical (unpaired) electrons. The second kappa shape index (κ2) is 5.13. The number of carbonyl (C=O) groups excluding carboxylic acids is 1. The Kier molecular flexibility index (Phi) is 3.10. The third-order valence-corrected chi connectivity index (χ3v) is 4.62. The van der Waals surface area contributed by atoms with E-state index in [1.54, 1.807) is 22.9 Å². The van der Waals surface area contributed by atoms with Crippen LogP contribution in [0.4, 0.5) is 0 Å². The minimum Gasteiger partial charge on any atom is -0.494 e. The zero-order chi connectivity index (χ0) is 15.1. The highest BCUT2D eigenvalue weighted by Crippen LogP contribution is 2.35. The number of benzene rings is 1. The minimum atomic E-state index is -0.0387. The molecule has 4 heteroatoms. The molecule has 1 aromatic carbocycles. The summed E-state index contributed by atoms with van der Waals surface area (Å²) in [6.45, 7) is 0. The van der Waals surface area contributed by atoms with Crippen LogP contribution in [0.15, 0.2) is 35.3 Å². The van der Waals surface area contributed by atoms with E-state index in [4.69, 9.17) is 0 Å². The maximum absolute atomic E-state index is 12.4. The van der Waals surface area contributed by atoms with Gasteiger partial charge in [-0.15, -0.1) is 0 Å². The van der Waals surface area contributed by atoms with Crippen molar-refractivity contribution in [3.63, 3.8) is 0 Å². The largest absolute Gasteiger partial charge is 0.494 e. The molecule has 0 unspecified atom stereocenters. The molecule has 2 heterocycles. The quantitative estimate of drug-likeness (QED) is 0.736. The molecule has 0 spiro atoms. The summed E-state index contributed by atoms with van der Waals surface area (Å²) in [7, 11) is 0. The van der Waals surface area contributed by atoms with Crippen molar-refractivity contribution in [3.05, 3.63) is 47.2 Å². The fourth-order valence-electron chi connectivity index (χ4n) is 3.44. The molecule has 2 aromatic rings. The summed E-state index contributed by atoms with van der Waals surface area (Å²) >= 11 is 0. The Labute approximate surface area is 129 Å². The van der Waals surface area contributed by atoms with Gasteiger partial charge in [-0.2, -0.15) is 0 Å². The number of aromatic nitrogens is 1. The molecule has 1 aliphatic carbocycles. The number of hydrogen-bond acceptors (Lipinski definition) is 3. The topological polar surface area (TPSA) is 54.6 Å². The maximum atomic E-state index is 12.4. The van der Waals surface area contributed by atoms with Gasteiger partial charge in [0, 0.05) is 17.8 Å². The van der Waals surface area contributed by atoms with Gasteiger partial charge in [0.2, 0.25) is 11.7 Å². The molecule has 0 bridgehead atoms. The highest BCUT2D eigenvalue weighted by Gasteiger charge is 2.30. The SMILES string of the molecule is O=C1c2ccccc2-n2c1cc(C=NC1CCCCC1)c2O. The Balaban J connectivity index is 1.70. The van der Waals surface area contributed by atoms with Gasteiger partial charge in [-0.05, 0) is 31.0 Å². The molecule has 112 valence electrons. The van der Waals surface area contributed by atoms with Gasteiger partial charge < -0.3 is 5.11 Å². The molecule has 4 nitrogen and oxygen atoms in total. The van der Waals surface area contributed by atoms with Crippen molar-refractivity contribution in [1.82, 2.24) is 4.57 Å². The Bertz CT molecular complexity index is 767. The lowest BCUT2D eigenvalue weighted by molar-refractivity contribution is 0.104. The summed E-state index contributed by atoms with van der Waals surface area (Å²) in [5, 5.41) is 10.5. The van der Waals surface area contributed by atoms with Gasteiger partial charge >= 0.3 is 0 Å². The number of aliphatic imine (C=N–C) groups is 1. The molecular formula is C18H18N2O2. The van der Waals surface area contributed by atoms with E-state index >= 15 is 0 Å². The molecule has 0 saturated heterocycles. The highest BCUT2D eigenvalue weighted by molar-refractivity contribution is 6.15. The number of rotatable bonds is 2. The molecule has 1 fully saturated rings. The van der Waals surface area contributed by atoms with Gasteiger partial charge in [0.05, 0.1) is 16.9 Å². The predicted octanol–water partition coefficient (Wildman–Crippen LogP) is 3.48. The van der Waals surface area contributed by atoms with E-state index in [-0.39, 0.29) is 11.7 Å². The van der Waals surface area contributed by atoms with E-state index in [0.29, 0.717) is 22.9 Å². The van der Waals surface area contributed by atoms with Crippen molar-refractivity contribution in [1.29, 1.82) is 0 Å². The van der Waals surface area contributed by atoms with Gasteiger partial charge in [-0.25, -0.2) is 0 Å². The van der Waals surface area contributed by atoms with Gasteiger partial charge in [0.25, 0.3) is 0 Å². The van der Waals surface area contributed by atoms with Crippen LogP contribution in [-0.2, 0) is 0 Å². The summed E-state index contributed by atoms with van der Waals surface area (Å²) in [5.74, 6) is 0.0658. The molecule has 1 saturated carbocycles. The van der Waals surface area contributed by atoms with Crippen molar-refractivity contribution in [2.75, 3.05) is 0 Å². The van der Waals surface area contributed by atoms with Gasteiger partial charge in [0.15, 0.2) is 0 Å². The maximum Gasteiger partial charge on any atom is 0.211 e. The van der Waals surface area contributed by atoms with Crippen molar-refractivity contribution >= 4 is 12.0 Å². The third-order valence-electron chi connectivity index (χ3n) is 4.62. The predicted molar refractivity (Wildman–Crippen MR) is 85.3 cm³/mol. The number of aromatic hydroxyl groups is 1. The highest BCUT2D eigenvalue weighted by atomic mass is 16.3. The first-order valence-corrected chi connectivity index (χ1v) is 7.87. The molecule has 1 aromatic heterocycles. The first-order valence-electron chi connectivity index (χ1n) is 7.87. The van der Waals surface area contributed by atoms with E-state index in [1.165, 1.54) is 19.3 Å². The Morgan fingerprint density at radius 1 is 1.18 bits per heavy atom. The summed E-state index contributed by atoms with van der Waals surface area (Å²) in [4.78, 5) is 17.0. The van der Waals surface area contributed by atoms with Crippen molar-refractivity contribution in [3.8, 4) is 11.6 Å². The second-order valence-corrected chi connectivity index (χ2v) is 6.06. The summed E-state index contributed by atoms with van der Waals surface area (Å²) in [6, 6.07) is 9.45. The molecule has 2 aliphatic rings. The first-order chi connectivity index (χ1) is 10.8. The monoisotopic (exact) mass is 294 g/mol. The van der Waals surface area contributed by atoms with Crippen LogP contribution in [0.2, 0.25) is 0 Å². The van der Waals surface area contributed by atoms with E-state index in [9.17, 15) is 9.90 Å². The molecule has 4 rings (SSSR count). The number of hydrogen-bond donors (Lipinski definition) is 1. The Morgan fingerprint density at radius 2 is 1.95 bits per heavy atom. The van der Waals surface area contributed by atoms with Crippen LogP contribution >= 0.6 is 0 Å². The average molecular weight is 294 g/mol. The van der Waals surface area contributed by atoms with Crippen molar-refractivity contribution < 1.29 is 9.90 Å². The summed E-state index contributed by atoms with van der Waals surface area (Å²) in [5.41, 5.74) is 2.54. The second-order valence-electron chi connectivity index (χ2n) is 6.06. The summed E-state index contributed by atoms with van der Waals surface area (Å²) in [6.07, 6.45) is 7.72. The van der Waals surface area contributed by atoms with Crippen LogP contribution in [0.1, 0.15) is 53.7 Å². The smallest absolute Gasteiger partial charge is 0.211 e. The zero-order valence-corrected chi connectivity index (χ0v) is 12.3. The van der Waals surface area contributed by atoms with E-state index < -0.39 is 0 Å². The molecule has 1 N–H and O–H groups in total. The lowest BCUT2D eigenvalue weighted by Gasteiger charge is -2.16. The standard InChI is InChI=1S/C18H18N2O2/c21-17-14-8-4-5-9-15(14)20-16(17)10-12(18(20)22)11-19-13-6-2-1-3-7-13/h4-5,8-11,13,22H,1-3,6-7H2. The van der Waals surface area contributed by atoms with Crippen LogP contribution in [0.25, 0.3) is 5.69 Å². The van der Waals surface area contributed by atoms with Crippen molar-refractivity contribution in [2.24, 2.45) is 4.99 Å². The molecule has 0 atom stereocenters. The fourth-order valence-corrected chi connectivity index (χ4v) is 3.44. The van der Waals surface area contributed by atoms with Gasteiger partial charge in [0.1, 0.15) is 0 Å². The first kappa shape index (κ1) is 13.3. The van der Waals surface area contributed by atoms with Crippen LogP contribution < -0.4 is 0 Å². The lowest BCUT2D eigenvalue weighted by Crippen LogP contribution is -2.09. The fraction of sp³-hybridized carbons (Fsp3) is 0.333. The lowest BCUT2D eigenvalue weighted by atomic mass is 9.96. The number of carbonyl (C=O) groups is 1. The van der Waals surface area contributed by atoms with Crippen LogP contribution in [-0.4, -0.2) is 27.7 Å². The van der Waals surface area contributed by atoms with E-state index in [1.807, 2.05) is 18.2 Å². The molecule has 1 aliphatic heterocycles. The van der Waals surface area contributed by atoms with Gasteiger partial charge in [-0.1, -0.05) is 31.4 Å². The number of nitrogens with zero attached hydrogens (tertiary/aromatic N) is 2. The third kappa shape index (κ3) is 1.98. The van der Waals surface area contributed by atoms with Crippen LogP contribution in [0, 0.1) is 0 Å². The normalized spacial score (nSPS) is 17.9. The minimum absolute atomic E-state index is 0.0387. The van der Waals surface area contributed by atoms with Crippen LogP contribution in [0.5, 0.6) is 5.88 Å². The number of ketones is 1. The Morgan fingerprint density at radius 3 is 2.77 bits per heavy atom. The Hall–Kier alpha value is -2.36. The summed E-state index contributed by atoms with van der Waals surface area (Å²) < 4.78 is 1.62. The zero-order valence-electron chi connectivity index (χ0n) is 12.3. The number of para-hydroxylation sites is 1.